The zero-order valence-corrected chi connectivity index (χ0v) is 8.81. The van der Waals surface area contributed by atoms with Gasteiger partial charge in [-0.1, -0.05) is 31.2 Å². The second-order valence-electron chi connectivity index (χ2n) is 3.94. The Balaban J connectivity index is 2.15. The maximum absolute atomic E-state index is 11.0. The molecule has 1 aromatic rings. The first-order chi connectivity index (χ1) is 7.22. The number of rotatable bonds is 3. The third-order valence-electron chi connectivity index (χ3n) is 2.98. The number of aliphatic carboxylic acids is 1. The fraction of sp³-hybridized carbons (Fsp3) is 0.417. The van der Waals surface area contributed by atoms with Gasteiger partial charge in [0.15, 0.2) is 0 Å². The maximum Gasteiger partial charge on any atom is 0.320 e. The predicted octanol–water partition coefficient (Wildman–Crippen LogP) is 1.87. The van der Waals surface area contributed by atoms with Gasteiger partial charge in [-0.15, -0.1) is 0 Å². The van der Waals surface area contributed by atoms with Gasteiger partial charge in [-0.3, -0.25) is 9.69 Å². The van der Waals surface area contributed by atoms with Gasteiger partial charge < -0.3 is 5.11 Å². The van der Waals surface area contributed by atoms with Crippen molar-refractivity contribution in [2.75, 3.05) is 0 Å². The van der Waals surface area contributed by atoms with Gasteiger partial charge in [0, 0.05) is 13.1 Å². The zero-order chi connectivity index (χ0) is 10.8. The van der Waals surface area contributed by atoms with Crippen LogP contribution in [0, 0.1) is 0 Å². The van der Waals surface area contributed by atoms with Crippen LogP contribution in [-0.2, 0) is 17.9 Å². The number of carbonyl (C=O) groups is 1. The summed E-state index contributed by atoms with van der Waals surface area (Å²) in [6, 6.07) is 7.81. The van der Waals surface area contributed by atoms with E-state index in [1.807, 2.05) is 24.0 Å². The van der Waals surface area contributed by atoms with Gasteiger partial charge in [-0.2, -0.15) is 0 Å². The quantitative estimate of drug-likeness (QED) is 0.818. The Morgan fingerprint density at radius 3 is 2.33 bits per heavy atom. The van der Waals surface area contributed by atoms with Gasteiger partial charge >= 0.3 is 5.97 Å². The number of fused-ring (bicyclic) bond motifs is 1. The van der Waals surface area contributed by atoms with Crippen LogP contribution in [0.3, 0.4) is 0 Å². The first-order valence-corrected chi connectivity index (χ1v) is 5.26. The molecule has 80 valence electrons. The molecule has 1 aromatic carbocycles. The molecule has 1 atom stereocenters. The molecule has 1 aliphatic rings. The molecular weight excluding hydrogens is 190 g/mol. The zero-order valence-electron chi connectivity index (χ0n) is 8.81. The number of carboxylic acids is 1. The molecule has 0 radical (unpaired) electrons. The molecular formula is C12H15NO2. The fourth-order valence-corrected chi connectivity index (χ4v) is 2.17. The lowest BCUT2D eigenvalue weighted by Gasteiger charge is -2.22. The highest BCUT2D eigenvalue weighted by atomic mass is 16.4. The van der Waals surface area contributed by atoms with Crippen LogP contribution in [0.4, 0.5) is 0 Å². The lowest BCUT2D eigenvalue weighted by Crippen LogP contribution is -2.36. The topological polar surface area (TPSA) is 40.5 Å². The molecule has 0 amide bonds. The van der Waals surface area contributed by atoms with Crippen molar-refractivity contribution in [3.63, 3.8) is 0 Å². The average molecular weight is 205 g/mol. The third-order valence-corrected chi connectivity index (χ3v) is 2.98. The van der Waals surface area contributed by atoms with Crippen LogP contribution in [0.25, 0.3) is 0 Å². The smallest absolute Gasteiger partial charge is 0.320 e. The predicted molar refractivity (Wildman–Crippen MR) is 57.4 cm³/mol. The minimum absolute atomic E-state index is 0.350. The van der Waals surface area contributed by atoms with Crippen LogP contribution in [0.2, 0.25) is 0 Å². The monoisotopic (exact) mass is 205 g/mol. The van der Waals surface area contributed by atoms with Crippen molar-refractivity contribution < 1.29 is 9.90 Å². The van der Waals surface area contributed by atoms with Gasteiger partial charge in [-0.25, -0.2) is 0 Å². The van der Waals surface area contributed by atoms with Crippen LogP contribution < -0.4 is 0 Å². The summed E-state index contributed by atoms with van der Waals surface area (Å²) in [4.78, 5) is 13.0. The summed E-state index contributed by atoms with van der Waals surface area (Å²) in [5, 5.41) is 9.07. The minimum atomic E-state index is -0.717. The Hall–Kier alpha value is -1.35. The van der Waals surface area contributed by atoms with E-state index >= 15 is 0 Å². The van der Waals surface area contributed by atoms with Crippen molar-refractivity contribution in [2.24, 2.45) is 0 Å². The Bertz CT molecular complexity index is 351. The summed E-state index contributed by atoms with van der Waals surface area (Å²) < 4.78 is 0. The molecule has 15 heavy (non-hydrogen) atoms. The van der Waals surface area contributed by atoms with Crippen molar-refractivity contribution in [1.29, 1.82) is 0 Å². The normalized spacial score (nSPS) is 17.4. The number of benzene rings is 1. The molecule has 0 bridgehead atoms. The lowest BCUT2D eigenvalue weighted by atomic mass is 10.1. The molecule has 1 heterocycles. The van der Waals surface area contributed by atoms with Gasteiger partial charge in [0.05, 0.1) is 0 Å². The van der Waals surface area contributed by atoms with Gasteiger partial charge in [0.25, 0.3) is 0 Å². The van der Waals surface area contributed by atoms with E-state index in [1.165, 1.54) is 11.1 Å². The van der Waals surface area contributed by atoms with Crippen molar-refractivity contribution >= 4 is 5.97 Å². The van der Waals surface area contributed by atoms with E-state index in [0.717, 1.165) is 13.1 Å². The van der Waals surface area contributed by atoms with E-state index in [9.17, 15) is 4.79 Å². The largest absolute Gasteiger partial charge is 0.480 e. The van der Waals surface area contributed by atoms with E-state index in [4.69, 9.17) is 5.11 Å². The van der Waals surface area contributed by atoms with E-state index in [-0.39, 0.29) is 6.04 Å². The lowest BCUT2D eigenvalue weighted by molar-refractivity contribution is -0.143. The first kappa shape index (κ1) is 10.2. The van der Waals surface area contributed by atoms with E-state index in [1.54, 1.807) is 0 Å². The summed E-state index contributed by atoms with van der Waals surface area (Å²) >= 11 is 0. The molecule has 3 nitrogen and oxygen atoms in total. The summed E-state index contributed by atoms with van der Waals surface area (Å²) in [7, 11) is 0. The van der Waals surface area contributed by atoms with E-state index in [2.05, 4.69) is 12.1 Å². The Labute approximate surface area is 89.3 Å². The molecule has 0 aromatic heterocycles. The Morgan fingerprint density at radius 1 is 1.40 bits per heavy atom. The first-order valence-electron chi connectivity index (χ1n) is 5.26. The molecule has 1 N–H and O–H groups in total. The van der Waals surface area contributed by atoms with Crippen LogP contribution in [0.1, 0.15) is 24.5 Å². The molecule has 3 heteroatoms. The number of hydrogen-bond donors (Lipinski definition) is 1. The molecule has 1 aliphatic heterocycles. The number of hydrogen-bond acceptors (Lipinski definition) is 2. The SMILES string of the molecule is CCC(C(=O)O)N1Cc2ccccc2C1. The molecule has 0 saturated heterocycles. The summed E-state index contributed by atoms with van der Waals surface area (Å²) in [6.07, 6.45) is 0.656. The van der Waals surface area contributed by atoms with E-state index in [0.29, 0.717) is 6.42 Å². The molecule has 0 fully saturated rings. The Morgan fingerprint density at radius 2 is 1.93 bits per heavy atom. The number of carboxylic acid groups (broad SMARTS) is 1. The van der Waals surface area contributed by atoms with Crippen molar-refractivity contribution in [2.45, 2.75) is 32.5 Å². The van der Waals surface area contributed by atoms with Gasteiger partial charge in [0.2, 0.25) is 0 Å². The van der Waals surface area contributed by atoms with Crippen LogP contribution in [0.5, 0.6) is 0 Å². The Kier molecular flexibility index (Phi) is 2.73. The fourth-order valence-electron chi connectivity index (χ4n) is 2.17. The second-order valence-corrected chi connectivity index (χ2v) is 3.94. The molecule has 0 aliphatic carbocycles. The van der Waals surface area contributed by atoms with Gasteiger partial charge in [0.1, 0.15) is 6.04 Å². The standard InChI is InChI=1S/C12H15NO2/c1-2-11(12(14)15)13-7-9-5-3-4-6-10(9)8-13/h3-6,11H,2,7-8H2,1H3,(H,14,15). The van der Waals surface area contributed by atoms with Crippen molar-refractivity contribution in [1.82, 2.24) is 4.90 Å². The second kappa shape index (κ2) is 4.03. The molecule has 0 spiro atoms. The van der Waals surface area contributed by atoms with Crippen LogP contribution in [-0.4, -0.2) is 22.0 Å². The highest BCUT2D eigenvalue weighted by Gasteiger charge is 2.28. The van der Waals surface area contributed by atoms with Gasteiger partial charge in [-0.05, 0) is 17.5 Å². The molecule has 0 saturated carbocycles. The summed E-state index contributed by atoms with van der Waals surface area (Å²) in [5.41, 5.74) is 2.52. The van der Waals surface area contributed by atoms with Crippen LogP contribution >= 0.6 is 0 Å². The highest BCUT2D eigenvalue weighted by molar-refractivity contribution is 5.73. The molecule has 2 rings (SSSR count). The summed E-state index contributed by atoms with van der Waals surface area (Å²) in [6.45, 7) is 3.45. The van der Waals surface area contributed by atoms with E-state index < -0.39 is 5.97 Å². The average Bonchev–Trinajstić information content (AvgIpc) is 2.61. The highest BCUT2D eigenvalue weighted by Crippen LogP contribution is 2.25. The van der Waals surface area contributed by atoms with Crippen molar-refractivity contribution in [3.05, 3.63) is 35.4 Å². The minimum Gasteiger partial charge on any atom is -0.480 e. The summed E-state index contributed by atoms with van der Waals surface area (Å²) in [5.74, 6) is -0.717. The molecule has 1 unspecified atom stereocenters. The van der Waals surface area contributed by atoms with Crippen molar-refractivity contribution in [3.8, 4) is 0 Å². The maximum atomic E-state index is 11.0. The third kappa shape index (κ3) is 1.88. The van der Waals surface area contributed by atoms with Crippen LogP contribution in [0.15, 0.2) is 24.3 Å². The number of nitrogens with zero attached hydrogens (tertiary/aromatic N) is 1.